The largest absolute Gasteiger partial charge is 0.376 e. The van der Waals surface area contributed by atoms with Gasteiger partial charge in [-0.25, -0.2) is 0 Å². The molecule has 3 rings (SSSR count). The number of nitrogens with one attached hydrogen (secondary N) is 1. The van der Waals surface area contributed by atoms with Crippen molar-refractivity contribution in [2.24, 2.45) is 0 Å². The van der Waals surface area contributed by atoms with Crippen LogP contribution in [0.25, 0.3) is 0 Å². The maximum atomic E-state index is 10.9. The molecule has 0 amide bonds. The number of nitro groups is 1. The third kappa shape index (κ3) is 4.97. The number of ether oxygens (including phenoxy) is 1. The van der Waals surface area contributed by atoms with Gasteiger partial charge < -0.3 is 10.1 Å². The number of non-ortho nitro benzene ring substituents is 1. The van der Waals surface area contributed by atoms with Crippen LogP contribution >= 0.6 is 0 Å². The Morgan fingerprint density at radius 2 is 1.93 bits per heavy atom. The number of nitro benzene ring substituents is 1. The number of nitrogens with zero attached hydrogens (tertiary/aromatic N) is 1. The lowest BCUT2D eigenvalue weighted by Crippen LogP contribution is -2.45. The van der Waals surface area contributed by atoms with Crippen LogP contribution in [0.3, 0.4) is 0 Å². The minimum absolute atomic E-state index is 0.0884. The van der Waals surface area contributed by atoms with Crippen molar-refractivity contribution >= 4 is 5.69 Å². The van der Waals surface area contributed by atoms with Gasteiger partial charge in [0.1, 0.15) is 0 Å². The van der Waals surface area contributed by atoms with Crippen LogP contribution in [0, 0.1) is 17.0 Å². The average molecular weight is 383 g/mol. The topological polar surface area (TPSA) is 64.4 Å². The van der Waals surface area contributed by atoms with E-state index in [4.69, 9.17) is 4.74 Å². The van der Waals surface area contributed by atoms with Gasteiger partial charge in [0.2, 0.25) is 0 Å². The monoisotopic (exact) mass is 382 g/mol. The predicted molar refractivity (Wildman–Crippen MR) is 112 cm³/mol. The Morgan fingerprint density at radius 3 is 2.61 bits per heavy atom. The summed E-state index contributed by atoms with van der Waals surface area (Å²) in [6.45, 7) is 8.71. The van der Waals surface area contributed by atoms with E-state index in [1.165, 1.54) is 17.2 Å². The Labute approximate surface area is 167 Å². The van der Waals surface area contributed by atoms with Crippen LogP contribution in [-0.4, -0.2) is 23.7 Å². The summed E-state index contributed by atoms with van der Waals surface area (Å²) >= 11 is 0. The van der Waals surface area contributed by atoms with E-state index < -0.39 is 0 Å². The number of hydrogen-bond acceptors (Lipinski definition) is 4. The van der Waals surface area contributed by atoms with Crippen LogP contribution in [0.1, 0.15) is 49.8 Å². The second kappa shape index (κ2) is 8.41. The summed E-state index contributed by atoms with van der Waals surface area (Å²) in [5, 5.41) is 14.4. The van der Waals surface area contributed by atoms with Crippen molar-refractivity contribution in [3.63, 3.8) is 0 Å². The molecule has 1 saturated heterocycles. The average Bonchev–Trinajstić information content (AvgIpc) is 2.65. The molecule has 0 aliphatic carbocycles. The first kappa shape index (κ1) is 20.5. The number of benzene rings is 2. The molecule has 1 unspecified atom stereocenters. The fraction of sp³-hybridized carbons (Fsp3) is 0.478. The van der Waals surface area contributed by atoms with Gasteiger partial charge in [0, 0.05) is 30.7 Å². The zero-order valence-electron chi connectivity index (χ0n) is 17.0. The second-order valence-corrected chi connectivity index (χ2v) is 8.54. The molecule has 0 aromatic heterocycles. The fourth-order valence-electron chi connectivity index (χ4n) is 4.33. The van der Waals surface area contributed by atoms with Crippen LogP contribution in [0.5, 0.6) is 0 Å². The fourth-order valence-corrected chi connectivity index (χ4v) is 4.33. The Hall–Kier alpha value is -2.24. The molecule has 0 spiro atoms. The van der Waals surface area contributed by atoms with Crippen LogP contribution < -0.4 is 5.32 Å². The summed E-state index contributed by atoms with van der Waals surface area (Å²) in [5.74, 6) is 0. The van der Waals surface area contributed by atoms with Gasteiger partial charge in [-0.15, -0.1) is 0 Å². The molecule has 1 aliphatic rings. The molecule has 1 aliphatic heterocycles. The van der Waals surface area contributed by atoms with Gasteiger partial charge in [0.15, 0.2) is 0 Å². The predicted octanol–water partition coefficient (Wildman–Crippen LogP) is 4.91. The van der Waals surface area contributed by atoms with Crippen molar-refractivity contribution < 1.29 is 9.66 Å². The molecule has 28 heavy (non-hydrogen) atoms. The zero-order valence-corrected chi connectivity index (χ0v) is 17.0. The molecule has 1 atom stereocenters. The highest BCUT2D eigenvalue weighted by Gasteiger charge is 2.41. The van der Waals surface area contributed by atoms with E-state index in [1.54, 1.807) is 12.1 Å². The van der Waals surface area contributed by atoms with E-state index in [2.05, 4.69) is 50.4 Å². The lowest BCUT2D eigenvalue weighted by molar-refractivity contribution is -0.384. The lowest BCUT2D eigenvalue weighted by Gasteiger charge is -2.45. The summed E-state index contributed by atoms with van der Waals surface area (Å²) < 4.78 is 5.99. The van der Waals surface area contributed by atoms with Crippen LogP contribution in [0.4, 0.5) is 5.69 Å². The Morgan fingerprint density at radius 1 is 1.18 bits per heavy atom. The minimum Gasteiger partial charge on any atom is -0.376 e. The summed E-state index contributed by atoms with van der Waals surface area (Å²) in [4.78, 5) is 10.6. The quantitative estimate of drug-likeness (QED) is 0.420. The summed E-state index contributed by atoms with van der Waals surface area (Å²) in [6, 6.07) is 15.7. The van der Waals surface area contributed by atoms with Crippen LogP contribution in [0.2, 0.25) is 0 Å². The molecule has 1 fully saturated rings. The highest BCUT2D eigenvalue weighted by molar-refractivity contribution is 5.34. The highest BCUT2D eigenvalue weighted by Crippen LogP contribution is 2.43. The molecule has 0 radical (unpaired) electrons. The van der Waals surface area contributed by atoms with E-state index in [0.29, 0.717) is 6.54 Å². The molecule has 2 aromatic rings. The SMILES string of the molecule is Cc1ccc(C2(CCNCc3cccc([N+](=O)[O-])c3)CCOC(C)(C)C2)cc1. The van der Waals surface area contributed by atoms with E-state index >= 15 is 0 Å². The molecule has 5 heteroatoms. The number of rotatable bonds is 7. The van der Waals surface area contributed by atoms with Crippen molar-refractivity contribution in [1.29, 1.82) is 0 Å². The summed E-state index contributed by atoms with van der Waals surface area (Å²) in [7, 11) is 0. The number of aryl methyl sites for hydroxylation is 1. The Balaban J connectivity index is 1.68. The van der Waals surface area contributed by atoms with Crippen molar-refractivity contribution in [2.45, 2.75) is 57.6 Å². The first-order valence-corrected chi connectivity index (χ1v) is 9.95. The second-order valence-electron chi connectivity index (χ2n) is 8.54. The van der Waals surface area contributed by atoms with E-state index in [1.807, 2.05) is 6.07 Å². The van der Waals surface area contributed by atoms with Crippen LogP contribution in [0.15, 0.2) is 48.5 Å². The van der Waals surface area contributed by atoms with Crippen LogP contribution in [-0.2, 0) is 16.7 Å². The smallest absolute Gasteiger partial charge is 0.269 e. The molecular formula is C23H30N2O3. The highest BCUT2D eigenvalue weighted by atomic mass is 16.6. The van der Waals surface area contributed by atoms with Gasteiger partial charge in [-0.1, -0.05) is 42.0 Å². The van der Waals surface area contributed by atoms with E-state index in [9.17, 15) is 10.1 Å². The molecule has 5 nitrogen and oxygen atoms in total. The molecule has 2 aromatic carbocycles. The van der Waals surface area contributed by atoms with Gasteiger partial charge in [-0.05, 0) is 57.7 Å². The normalized spacial score (nSPS) is 21.4. The third-order valence-corrected chi connectivity index (χ3v) is 5.73. The van der Waals surface area contributed by atoms with Crippen molar-refractivity contribution in [3.8, 4) is 0 Å². The minimum atomic E-state index is -0.347. The molecule has 150 valence electrons. The maximum Gasteiger partial charge on any atom is 0.269 e. The maximum absolute atomic E-state index is 10.9. The van der Waals surface area contributed by atoms with Crippen molar-refractivity contribution in [2.75, 3.05) is 13.2 Å². The first-order valence-electron chi connectivity index (χ1n) is 9.95. The van der Waals surface area contributed by atoms with Gasteiger partial charge in [0.05, 0.1) is 10.5 Å². The van der Waals surface area contributed by atoms with E-state index in [-0.39, 0.29) is 21.6 Å². The van der Waals surface area contributed by atoms with Gasteiger partial charge >= 0.3 is 0 Å². The molecule has 0 bridgehead atoms. The van der Waals surface area contributed by atoms with E-state index in [0.717, 1.165) is 38.0 Å². The number of hydrogen-bond donors (Lipinski definition) is 1. The van der Waals surface area contributed by atoms with Crippen molar-refractivity contribution in [1.82, 2.24) is 5.32 Å². The summed E-state index contributed by atoms with van der Waals surface area (Å²) in [5.41, 5.74) is 3.68. The standard InChI is InChI=1S/C23H30N2O3/c1-18-7-9-20(10-8-18)23(12-14-28-22(2,3)17-23)11-13-24-16-19-5-4-6-21(15-19)25(26)27/h4-10,15,24H,11-14,16-17H2,1-3H3. The zero-order chi connectivity index (χ0) is 20.2. The molecular weight excluding hydrogens is 352 g/mol. The first-order chi connectivity index (χ1) is 13.3. The summed E-state index contributed by atoms with van der Waals surface area (Å²) in [6.07, 6.45) is 3.01. The van der Waals surface area contributed by atoms with Gasteiger partial charge in [-0.3, -0.25) is 10.1 Å². The molecule has 1 N–H and O–H groups in total. The molecule has 1 heterocycles. The van der Waals surface area contributed by atoms with Crippen molar-refractivity contribution in [3.05, 3.63) is 75.3 Å². The third-order valence-electron chi connectivity index (χ3n) is 5.73. The van der Waals surface area contributed by atoms with Gasteiger partial charge in [-0.2, -0.15) is 0 Å². The Bertz CT molecular complexity index is 817. The molecule has 0 saturated carbocycles. The Kier molecular flexibility index (Phi) is 6.16. The lowest BCUT2D eigenvalue weighted by atomic mass is 9.67. The van der Waals surface area contributed by atoms with Gasteiger partial charge in [0.25, 0.3) is 5.69 Å².